The highest BCUT2D eigenvalue weighted by Crippen LogP contribution is 2.09. The summed E-state index contributed by atoms with van der Waals surface area (Å²) in [7, 11) is -2.87. The molecule has 0 bridgehead atoms. The van der Waals surface area contributed by atoms with Gasteiger partial charge in [0.25, 0.3) is 0 Å². The minimum atomic E-state index is -1.44. The second-order valence-electron chi connectivity index (χ2n) is 7.68. The van der Waals surface area contributed by atoms with E-state index < -0.39 is 16.1 Å². The van der Waals surface area contributed by atoms with Gasteiger partial charge >= 0.3 is 0 Å². The normalized spacial score (nSPS) is 11.8. The zero-order valence-electron chi connectivity index (χ0n) is 14.6. The maximum atomic E-state index is 12.3. The van der Waals surface area contributed by atoms with E-state index in [1.165, 1.54) is 10.4 Å². The molecule has 0 aromatic heterocycles. The average Bonchev–Trinajstić information content (AvgIpc) is 2.36. The van der Waals surface area contributed by atoms with Gasteiger partial charge in [0.05, 0.1) is 16.1 Å². The summed E-state index contributed by atoms with van der Waals surface area (Å²) in [5.41, 5.74) is 0.788. The SMILES string of the molecule is CCCC#CC(=O)c1cc([Si](C)(C)C)cc([Si](C)(C)C)c1. The number of hydrogen-bond donors (Lipinski definition) is 0. The lowest BCUT2D eigenvalue weighted by molar-refractivity contribution is 0.105. The summed E-state index contributed by atoms with van der Waals surface area (Å²) in [6, 6.07) is 6.51. The second-order valence-corrected chi connectivity index (χ2v) is 17.8. The fourth-order valence-electron chi connectivity index (χ4n) is 1.96. The van der Waals surface area contributed by atoms with Crippen LogP contribution in [-0.4, -0.2) is 21.9 Å². The van der Waals surface area contributed by atoms with Gasteiger partial charge in [0.1, 0.15) is 0 Å². The Balaban J connectivity index is 3.33. The van der Waals surface area contributed by atoms with Gasteiger partial charge in [0.2, 0.25) is 5.78 Å². The van der Waals surface area contributed by atoms with E-state index in [1.807, 2.05) is 0 Å². The Kier molecular flexibility index (Phi) is 5.78. The third kappa shape index (κ3) is 5.30. The van der Waals surface area contributed by atoms with E-state index in [1.54, 1.807) is 0 Å². The molecule has 1 rings (SSSR count). The first kappa shape index (κ1) is 17.9. The number of rotatable bonds is 4. The van der Waals surface area contributed by atoms with Crippen molar-refractivity contribution in [2.45, 2.75) is 59.0 Å². The topological polar surface area (TPSA) is 17.1 Å². The van der Waals surface area contributed by atoms with E-state index in [9.17, 15) is 4.79 Å². The minimum absolute atomic E-state index is 0.0250. The van der Waals surface area contributed by atoms with Crippen molar-refractivity contribution in [1.29, 1.82) is 0 Å². The number of benzene rings is 1. The molecule has 0 fully saturated rings. The lowest BCUT2D eigenvalue weighted by atomic mass is 10.1. The van der Waals surface area contributed by atoms with Crippen LogP contribution in [0.5, 0.6) is 0 Å². The maximum absolute atomic E-state index is 12.3. The van der Waals surface area contributed by atoms with Crippen LogP contribution in [0.15, 0.2) is 18.2 Å². The molecule has 0 aliphatic heterocycles. The van der Waals surface area contributed by atoms with Gasteiger partial charge in [-0.15, -0.1) is 0 Å². The molecule has 3 heteroatoms. The van der Waals surface area contributed by atoms with Crippen molar-refractivity contribution >= 4 is 32.3 Å². The van der Waals surface area contributed by atoms with Crippen LogP contribution >= 0.6 is 0 Å². The molecule has 0 saturated heterocycles. The van der Waals surface area contributed by atoms with E-state index in [0.29, 0.717) is 0 Å². The Labute approximate surface area is 132 Å². The van der Waals surface area contributed by atoms with Crippen LogP contribution in [-0.2, 0) is 0 Å². The third-order valence-electron chi connectivity index (χ3n) is 3.50. The lowest BCUT2D eigenvalue weighted by Gasteiger charge is -2.23. The molecule has 0 heterocycles. The van der Waals surface area contributed by atoms with Crippen LogP contribution in [0, 0.1) is 11.8 Å². The zero-order chi connectivity index (χ0) is 16.3. The lowest BCUT2D eigenvalue weighted by Crippen LogP contribution is -2.45. The molecule has 0 aliphatic carbocycles. The van der Waals surface area contributed by atoms with E-state index in [4.69, 9.17) is 0 Å². The standard InChI is InChI=1S/C18H28OSi2/c1-8-9-10-11-18(19)15-12-16(20(2,3)4)14-17(13-15)21(5,6)7/h12-14H,8-9H2,1-7H3. The Morgan fingerprint density at radius 2 is 1.43 bits per heavy atom. The molecular formula is C18H28OSi2. The van der Waals surface area contributed by atoms with Crippen molar-refractivity contribution in [2.24, 2.45) is 0 Å². The first-order valence-electron chi connectivity index (χ1n) is 7.75. The summed E-state index contributed by atoms with van der Waals surface area (Å²) in [6.07, 6.45) is 1.79. The number of Topliss-reactive ketones (excluding diaryl/α,β-unsaturated/α-hetero) is 1. The van der Waals surface area contributed by atoms with Crippen LogP contribution in [0.2, 0.25) is 39.3 Å². The monoisotopic (exact) mass is 316 g/mol. The van der Waals surface area contributed by atoms with E-state index >= 15 is 0 Å². The van der Waals surface area contributed by atoms with Crippen molar-refractivity contribution in [2.75, 3.05) is 0 Å². The predicted molar refractivity (Wildman–Crippen MR) is 99.4 cm³/mol. The molecule has 0 N–H and O–H groups in total. The summed E-state index contributed by atoms with van der Waals surface area (Å²) in [6.45, 7) is 16.0. The van der Waals surface area contributed by atoms with E-state index in [2.05, 4.69) is 76.2 Å². The number of carbonyl (C=O) groups excluding carboxylic acids is 1. The first-order chi connectivity index (χ1) is 9.55. The van der Waals surface area contributed by atoms with Gasteiger partial charge < -0.3 is 0 Å². The zero-order valence-corrected chi connectivity index (χ0v) is 16.6. The highest BCUT2D eigenvalue weighted by Gasteiger charge is 2.23. The molecule has 114 valence electrons. The molecule has 0 aliphatic rings. The van der Waals surface area contributed by atoms with E-state index in [-0.39, 0.29) is 5.78 Å². The Morgan fingerprint density at radius 3 is 1.81 bits per heavy atom. The molecule has 21 heavy (non-hydrogen) atoms. The molecule has 0 spiro atoms. The van der Waals surface area contributed by atoms with Crippen molar-refractivity contribution in [3.63, 3.8) is 0 Å². The van der Waals surface area contributed by atoms with Crippen LogP contribution in [0.1, 0.15) is 30.1 Å². The smallest absolute Gasteiger partial charge is 0.235 e. The van der Waals surface area contributed by atoms with Gasteiger partial charge in [0, 0.05) is 12.0 Å². The molecule has 1 nitrogen and oxygen atoms in total. The molecular weight excluding hydrogens is 288 g/mol. The van der Waals surface area contributed by atoms with Gasteiger partial charge in [0.15, 0.2) is 0 Å². The third-order valence-corrected chi connectivity index (χ3v) is 7.55. The molecule has 0 amide bonds. The quantitative estimate of drug-likeness (QED) is 0.358. The second kappa shape index (κ2) is 6.76. The minimum Gasteiger partial charge on any atom is -0.279 e. The fraction of sp³-hybridized carbons (Fsp3) is 0.500. The Hall–Kier alpha value is -1.12. The maximum Gasteiger partial charge on any atom is 0.235 e. The number of unbranched alkanes of at least 4 members (excludes halogenated alkanes) is 1. The van der Waals surface area contributed by atoms with Crippen LogP contribution < -0.4 is 10.4 Å². The van der Waals surface area contributed by atoms with Crippen molar-refractivity contribution in [3.8, 4) is 11.8 Å². The summed E-state index contributed by atoms with van der Waals surface area (Å²) >= 11 is 0. The molecule has 0 saturated carbocycles. The van der Waals surface area contributed by atoms with Gasteiger partial charge in [-0.3, -0.25) is 4.79 Å². The summed E-state index contributed by atoms with van der Waals surface area (Å²) in [5, 5.41) is 2.73. The van der Waals surface area contributed by atoms with Gasteiger partial charge in [-0.1, -0.05) is 80.7 Å². The average molecular weight is 317 g/mol. The van der Waals surface area contributed by atoms with Crippen LogP contribution in [0.3, 0.4) is 0 Å². The number of hydrogen-bond acceptors (Lipinski definition) is 1. The predicted octanol–water partition coefficient (Wildman–Crippen LogP) is 3.76. The van der Waals surface area contributed by atoms with Crippen LogP contribution in [0.4, 0.5) is 0 Å². The van der Waals surface area contributed by atoms with Gasteiger partial charge in [-0.2, -0.15) is 0 Å². The molecule has 0 radical (unpaired) electrons. The number of carbonyl (C=O) groups is 1. The summed E-state index contributed by atoms with van der Waals surface area (Å²) in [4.78, 5) is 12.3. The molecule has 1 aromatic carbocycles. The first-order valence-corrected chi connectivity index (χ1v) is 14.7. The van der Waals surface area contributed by atoms with Crippen molar-refractivity contribution < 1.29 is 4.79 Å². The van der Waals surface area contributed by atoms with Crippen molar-refractivity contribution in [1.82, 2.24) is 0 Å². The molecule has 0 unspecified atom stereocenters. The molecule has 0 atom stereocenters. The fourth-order valence-corrected chi connectivity index (χ4v) is 4.46. The van der Waals surface area contributed by atoms with Crippen LogP contribution in [0.25, 0.3) is 0 Å². The summed E-state index contributed by atoms with van der Waals surface area (Å²) in [5.74, 6) is 5.75. The van der Waals surface area contributed by atoms with Gasteiger partial charge in [-0.05, 0) is 12.3 Å². The Morgan fingerprint density at radius 1 is 0.952 bits per heavy atom. The Bertz CT molecular complexity index is 546. The van der Waals surface area contributed by atoms with Crippen molar-refractivity contribution in [3.05, 3.63) is 23.8 Å². The van der Waals surface area contributed by atoms with E-state index in [0.717, 1.165) is 18.4 Å². The highest BCUT2D eigenvalue weighted by molar-refractivity contribution is 6.91. The summed E-state index contributed by atoms with van der Waals surface area (Å²) < 4.78 is 0. The molecule has 1 aromatic rings. The number of ketones is 1. The van der Waals surface area contributed by atoms with Gasteiger partial charge in [-0.25, -0.2) is 0 Å². The highest BCUT2D eigenvalue weighted by atomic mass is 28.3. The largest absolute Gasteiger partial charge is 0.279 e.